The lowest BCUT2D eigenvalue weighted by Gasteiger charge is -2.06. The van der Waals surface area contributed by atoms with Crippen molar-refractivity contribution in [1.29, 1.82) is 0 Å². The number of hydrazone groups is 1. The van der Waals surface area contributed by atoms with Gasteiger partial charge in [-0.05, 0) is 29.8 Å². The molecule has 114 valence electrons. The number of hydrogen-bond donors (Lipinski definition) is 1. The van der Waals surface area contributed by atoms with E-state index in [2.05, 4.69) is 15.5 Å². The van der Waals surface area contributed by atoms with Crippen LogP contribution >= 0.6 is 0 Å². The Kier molecular flexibility index (Phi) is 4.35. The van der Waals surface area contributed by atoms with Gasteiger partial charge < -0.3 is 0 Å². The van der Waals surface area contributed by atoms with Crippen LogP contribution in [0.15, 0.2) is 47.7 Å². The number of aromatic nitrogens is 1. The highest BCUT2D eigenvalue weighted by molar-refractivity contribution is 5.80. The minimum Gasteiger partial charge on any atom is -0.261 e. The Morgan fingerprint density at radius 2 is 1.86 bits per heavy atom. The van der Waals surface area contributed by atoms with E-state index in [0.29, 0.717) is 11.8 Å². The quantitative estimate of drug-likeness (QED) is 0.533. The van der Waals surface area contributed by atoms with Crippen LogP contribution in [0.1, 0.15) is 11.1 Å². The van der Waals surface area contributed by atoms with Crippen molar-refractivity contribution < 1.29 is 18.1 Å². The van der Waals surface area contributed by atoms with E-state index in [1.54, 1.807) is 0 Å². The van der Waals surface area contributed by atoms with E-state index in [4.69, 9.17) is 0 Å². The van der Waals surface area contributed by atoms with Gasteiger partial charge in [-0.3, -0.25) is 15.5 Å². The molecule has 2 aromatic rings. The number of hydrogen-bond acceptors (Lipinski definition) is 5. The number of nitrogens with one attached hydrogen (secondary N) is 1. The van der Waals surface area contributed by atoms with Gasteiger partial charge in [0.25, 0.3) is 5.69 Å². The number of nitro benzene ring substituents is 1. The fourth-order valence-electron chi connectivity index (χ4n) is 1.48. The first-order chi connectivity index (χ1) is 10.4. The predicted molar refractivity (Wildman–Crippen MR) is 73.6 cm³/mol. The van der Waals surface area contributed by atoms with Gasteiger partial charge in [0.05, 0.1) is 16.7 Å². The molecule has 0 unspecified atom stereocenters. The van der Waals surface area contributed by atoms with E-state index in [1.165, 1.54) is 30.5 Å². The Morgan fingerprint density at radius 3 is 2.36 bits per heavy atom. The summed E-state index contributed by atoms with van der Waals surface area (Å²) in [7, 11) is 0. The third-order valence-electron chi connectivity index (χ3n) is 2.59. The Hall–Kier alpha value is -2.97. The van der Waals surface area contributed by atoms with Crippen molar-refractivity contribution in [3.05, 3.63) is 63.8 Å². The Balaban J connectivity index is 1.98. The van der Waals surface area contributed by atoms with Crippen LogP contribution in [0.2, 0.25) is 0 Å². The molecule has 9 heteroatoms. The van der Waals surface area contributed by atoms with E-state index in [9.17, 15) is 23.3 Å². The van der Waals surface area contributed by atoms with Gasteiger partial charge in [0.15, 0.2) is 0 Å². The average molecular weight is 310 g/mol. The molecule has 0 radical (unpaired) electrons. The van der Waals surface area contributed by atoms with E-state index in [0.717, 1.165) is 12.1 Å². The van der Waals surface area contributed by atoms with E-state index >= 15 is 0 Å². The van der Waals surface area contributed by atoms with Crippen molar-refractivity contribution in [2.24, 2.45) is 5.10 Å². The number of non-ortho nitro benzene ring substituents is 1. The Morgan fingerprint density at radius 1 is 1.18 bits per heavy atom. The summed E-state index contributed by atoms with van der Waals surface area (Å²) >= 11 is 0. The van der Waals surface area contributed by atoms with Gasteiger partial charge in [0.2, 0.25) is 0 Å². The second kappa shape index (κ2) is 6.20. The smallest absolute Gasteiger partial charge is 0.261 e. The zero-order valence-electron chi connectivity index (χ0n) is 10.9. The normalized spacial score (nSPS) is 11.6. The molecule has 1 heterocycles. The van der Waals surface area contributed by atoms with Crippen molar-refractivity contribution in [1.82, 2.24) is 4.98 Å². The molecular weight excluding hydrogens is 301 g/mol. The monoisotopic (exact) mass is 310 g/mol. The molecule has 0 saturated carbocycles. The second-order valence-corrected chi connectivity index (χ2v) is 4.15. The molecule has 6 nitrogen and oxygen atoms in total. The first-order valence-electron chi connectivity index (χ1n) is 5.93. The number of nitro groups is 1. The predicted octanol–water partition coefficient (Wildman–Crippen LogP) is 3.45. The summed E-state index contributed by atoms with van der Waals surface area (Å²) in [5.41, 5.74) is 2.16. The van der Waals surface area contributed by atoms with Gasteiger partial charge in [-0.15, -0.1) is 0 Å². The van der Waals surface area contributed by atoms with Gasteiger partial charge >= 0.3 is 6.18 Å². The summed E-state index contributed by atoms with van der Waals surface area (Å²) < 4.78 is 37.0. The van der Waals surface area contributed by atoms with E-state index < -0.39 is 16.7 Å². The van der Waals surface area contributed by atoms with Crippen molar-refractivity contribution in [3.8, 4) is 0 Å². The van der Waals surface area contributed by atoms with Crippen LogP contribution in [-0.4, -0.2) is 16.1 Å². The third-order valence-corrected chi connectivity index (χ3v) is 2.59. The maximum Gasteiger partial charge on any atom is 0.417 e. The summed E-state index contributed by atoms with van der Waals surface area (Å²) in [5.74, 6) is 0.145. The van der Waals surface area contributed by atoms with Crippen LogP contribution in [0.4, 0.5) is 24.7 Å². The Labute approximate surface area is 122 Å². The van der Waals surface area contributed by atoms with E-state index in [1.807, 2.05) is 0 Å². The largest absolute Gasteiger partial charge is 0.417 e. The number of benzene rings is 1. The summed E-state index contributed by atoms with van der Waals surface area (Å²) in [5, 5.41) is 14.3. The molecule has 1 aromatic carbocycles. The SMILES string of the molecule is O=[N+]([O-])c1ccc(/C=N\Nc2ccc(C(F)(F)F)cn2)cc1. The fourth-order valence-corrected chi connectivity index (χ4v) is 1.48. The molecule has 1 N–H and O–H groups in total. The van der Waals surface area contributed by atoms with Gasteiger partial charge in [0.1, 0.15) is 5.82 Å². The molecule has 0 atom stereocenters. The third kappa shape index (κ3) is 4.01. The molecule has 0 aliphatic heterocycles. The lowest BCUT2D eigenvalue weighted by atomic mass is 10.2. The maximum atomic E-state index is 12.3. The molecule has 0 bridgehead atoms. The Bertz CT molecular complexity index is 682. The lowest BCUT2D eigenvalue weighted by molar-refractivity contribution is -0.384. The van der Waals surface area contributed by atoms with Crippen molar-refractivity contribution in [3.63, 3.8) is 0 Å². The van der Waals surface area contributed by atoms with Crippen molar-refractivity contribution >= 4 is 17.7 Å². The van der Waals surface area contributed by atoms with Gasteiger partial charge in [-0.1, -0.05) is 0 Å². The minimum atomic E-state index is -4.44. The van der Waals surface area contributed by atoms with E-state index in [-0.39, 0.29) is 11.5 Å². The molecule has 0 aliphatic rings. The highest BCUT2D eigenvalue weighted by Gasteiger charge is 2.30. The maximum absolute atomic E-state index is 12.3. The van der Waals surface area contributed by atoms with Crippen LogP contribution in [-0.2, 0) is 6.18 Å². The topological polar surface area (TPSA) is 80.4 Å². The second-order valence-electron chi connectivity index (χ2n) is 4.15. The highest BCUT2D eigenvalue weighted by atomic mass is 19.4. The lowest BCUT2D eigenvalue weighted by Crippen LogP contribution is -2.05. The van der Waals surface area contributed by atoms with Gasteiger partial charge in [-0.2, -0.15) is 18.3 Å². The zero-order valence-corrected chi connectivity index (χ0v) is 10.9. The molecule has 22 heavy (non-hydrogen) atoms. The van der Waals surface area contributed by atoms with Gasteiger partial charge in [-0.25, -0.2) is 4.98 Å². The zero-order chi connectivity index (χ0) is 16.2. The number of pyridine rings is 1. The molecule has 0 spiro atoms. The minimum absolute atomic E-state index is 0.0467. The molecule has 0 aliphatic carbocycles. The molecule has 1 aromatic heterocycles. The average Bonchev–Trinajstić information content (AvgIpc) is 2.47. The van der Waals surface area contributed by atoms with Crippen LogP contribution < -0.4 is 5.43 Å². The van der Waals surface area contributed by atoms with Gasteiger partial charge in [0, 0.05) is 18.3 Å². The summed E-state index contributed by atoms with van der Waals surface area (Å²) in [6, 6.07) is 7.65. The van der Waals surface area contributed by atoms with Crippen LogP contribution in [0.5, 0.6) is 0 Å². The number of nitrogens with zero attached hydrogens (tertiary/aromatic N) is 3. The molecule has 2 rings (SSSR count). The highest BCUT2D eigenvalue weighted by Crippen LogP contribution is 2.28. The molecule has 0 saturated heterocycles. The number of rotatable bonds is 4. The number of alkyl halides is 3. The molecule has 0 amide bonds. The molecule has 0 fully saturated rings. The number of anilines is 1. The number of halogens is 3. The van der Waals surface area contributed by atoms with Crippen molar-refractivity contribution in [2.45, 2.75) is 6.18 Å². The summed E-state index contributed by atoms with van der Waals surface area (Å²) in [6.07, 6.45) is -2.37. The fraction of sp³-hybridized carbons (Fsp3) is 0.0769. The van der Waals surface area contributed by atoms with Crippen molar-refractivity contribution in [2.75, 3.05) is 5.43 Å². The first kappa shape index (κ1) is 15.4. The van der Waals surface area contributed by atoms with Crippen LogP contribution in [0.3, 0.4) is 0 Å². The summed E-state index contributed by atoms with van der Waals surface area (Å²) in [4.78, 5) is 13.5. The van der Waals surface area contributed by atoms with Crippen LogP contribution in [0, 0.1) is 10.1 Å². The standard InChI is InChI=1S/C13H9F3N4O2/c14-13(15,16)10-3-6-12(17-8-10)19-18-7-9-1-4-11(5-2-9)20(21)22/h1-8H,(H,17,19)/b18-7-. The first-order valence-corrected chi connectivity index (χ1v) is 5.93. The summed E-state index contributed by atoms with van der Waals surface area (Å²) in [6.45, 7) is 0. The molecular formula is C13H9F3N4O2. The van der Waals surface area contributed by atoms with Crippen LogP contribution in [0.25, 0.3) is 0 Å².